The van der Waals surface area contributed by atoms with Crippen molar-refractivity contribution < 1.29 is 36.2 Å². The lowest BCUT2D eigenvalue weighted by Crippen LogP contribution is -2.16. The Bertz CT molecular complexity index is 824. The zero-order chi connectivity index (χ0) is 20.6. The van der Waals surface area contributed by atoms with Crippen LogP contribution in [0.3, 0.4) is 0 Å². The van der Waals surface area contributed by atoms with E-state index >= 15 is 0 Å². The molecule has 146 valence electrons. The monoisotopic (exact) mass is 391 g/mol. The maximum Gasteiger partial charge on any atom is 0.416 e. The van der Waals surface area contributed by atoms with Crippen LogP contribution in [-0.4, -0.2) is 11.0 Å². The minimum atomic E-state index is -5.03. The fraction of sp³-hybridized carbons (Fsp3) is 0.278. The quantitative estimate of drug-likeness (QED) is 0.649. The number of carbonyl (C=O) groups excluding carboxylic acids is 1. The number of carbonyl (C=O) groups is 1. The molecule has 0 atom stereocenters. The molecular formula is C18H15F6NO2. The third-order valence-electron chi connectivity index (χ3n) is 3.78. The number of rotatable bonds is 3. The van der Waals surface area contributed by atoms with Crippen LogP contribution in [0.1, 0.15) is 46.8 Å². The SMILES string of the molecule is CC(C)c1cccc(C(=O)Nc2cc(C(F)(F)F)cc(C(F)(F)F)c2)c1O. The Kier molecular flexibility index (Phi) is 5.44. The van der Waals surface area contributed by atoms with Gasteiger partial charge in [0.2, 0.25) is 0 Å². The Morgan fingerprint density at radius 3 is 1.93 bits per heavy atom. The van der Waals surface area contributed by atoms with E-state index in [1.54, 1.807) is 19.9 Å². The summed E-state index contributed by atoms with van der Waals surface area (Å²) < 4.78 is 77.3. The predicted molar refractivity (Wildman–Crippen MR) is 86.6 cm³/mol. The fourth-order valence-electron chi connectivity index (χ4n) is 2.44. The van der Waals surface area contributed by atoms with E-state index < -0.39 is 35.1 Å². The molecule has 2 N–H and O–H groups in total. The highest BCUT2D eigenvalue weighted by molar-refractivity contribution is 6.06. The summed E-state index contributed by atoms with van der Waals surface area (Å²) in [5.74, 6) is -1.56. The number of hydrogen-bond acceptors (Lipinski definition) is 2. The highest BCUT2D eigenvalue weighted by Crippen LogP contribution is 2.38. The van der Waals surface area contributed by atoms with Gasteiger partial charge in [0.25, 0.3) is 5.91 Å². The number of phenolic OH excluding ortho intramolecular Hbond substituents is 1. The highest BCUT2D eigenvalue weighted by atomic mass is 19.4. The van der Waals surface area contributed by atoms with Gasteiger partial charge >= 0.3 is 12.4 Å². The van der Waals surface area contributed by atoms with Gasteiger partial charge < -0.3 is 10.4 Å². The van der Waals surface area contributed by atoms with E-state index in [-0.39, 0.29) is 23.3 Å². The lowest BCUT2D eigenvalue weighted by molar-refractivity contribution is -0.143. The first-order valence-electron chi connectivity index (χ1n) is 7.73. The second-order valence-corrected chi connectivity index (χ2v) is 6.15. The van der Waals surface area contributed by atoms with Crippen LogP contribution in [-0.2, 0) is 12.4 Å². The van der Waals surface area contributed by atoms with Gasteiger partial charge in [-0.15, -0.1) is 0 Å². The van der Waals surface area contributed by atoms with E-state index in [2.05, 4.69) is 0 Å². The Morgan fingerprint density at radius 2 is 1.48 bits per heavy atom. The molecule has 1 amide bonds. The van der Waals surface area contributed by atoms with Gasteiger partial charge in [-0.05, 0) is 35.7 Å². The van der Waals surface area contributed by atoms with E-state index in [4.69, 9.17) is 0 Å². The highest BCUT2D eigenvalue weighted by Gasteiger charge is 2.37. The van der Waals surface area contributed by atoms with Crippen LogP contribution in [0.4, 0.5) is 32.0 Å². The molecule has 3 nitrogen and oxygen atoms in total. The molecule has 0 unspecified atom stereocenters. The van der Waals surface area contributed by atoms with Crippen molar-refractivity contribution in [3.05, 3.63) is 58.7 Å². The van der Waals surface area contributed by atoms with Crippen LogP contribution in [0.25, 0.3) is 0 Å². The van der Waals surface area contributed by atoms with E-state index in [0.717, 1.165) is 0 Å². The normalized spacial score (nSPS) is 12.3. The Morgan fingerprint density at radius 1 is 0.963 bits per heavy atom. The summed E-state index contributed by atoms with van der Waals surface area (Å²) in [5.41, 5.74) is -3.62. The molecule has 2 aromatic carbocycles. The average Bonchev–Trinajstić information content (AvgIpc) is 2.52. The van der Waals surface area contributed by atoms with Crippen LogP contribution in [0.15, 0.2) is 36.4 Å². The molecule has 0 bridgehead atoms. The molecule has 0 aliphatic heterocycles. The van der Waals surface area contributed by atoms with Gasteiger partial charge in [0.05, 0.1) is 16.7 Å². The summed E-state index contributed by atoms with van der Waals surface area (Å²) in [6, 6.07) is 4.99. The summed E-state index contributed by atoms with van der Waals surface area (Å²) in [7, 11) is 0. The van der Waals surface area contributed by atoms with Crippen LogP contribution in [0, 0.1) is 0 Å². The van der Waals surface area contributed by atoms with Gasteiger partial charge in [0.1, 0.15) is 5.75 Å². The lowest BCUT2D eigenvalue weighted by atomic mass is 9.98. The second kappa shape index (κ2) is 7.13. The minimum Gasteiger partial charge on any atom is -0.507 e. The molecule has 0 aliphatic rings. The Balaban J connectivity index is 2.45. The smallest absolute Gasteiger partial charge is 0.416 e. The van der Waals surface area contributed by atoms with Crippen molar-refractivity contribution in [2.45, 2.75) is 32.1 Å². The molecule has 0 fully saturated rings. The number of nitrogens with one attached hydrogen (secondary N) is 1. The lowest BCUT2D eigenvalue weighted by Gasteiger charge is -2.16. The molecule has 27 heavy (non-hydrogen) atoms. The number of hydrogen-bond donors (Lipinski definition) is 2. The van der Waals surface area contributed by atoms with Crippen molar-refractivity contribution >= 4 is 11.6 Å². The number of phenols is 1. The van der Waals surface area contributed by atoms with Gasteiger partial charge in [-0.3, -0.25) is 4.79 Å². The molecule has 0 radical (unpaired) electrons. The Hall–Kier alpha value is -2.71. The first kappa shape index (κ1) is 20.6. The van der Waals surface area contributed by atoms with Crippen LogP contribution < -0.4 is 5.32 Å². The summed E-state index contributed by atoms with van der Waals surface area (Å²) in [4.78, 5) is 12.3. The summed E-state index contributed by atoms with van der Waals surface area (Å²) in [6.07, 6.45) is -10.1. The topological polar surface area (TPSA) is 49.3 Å². The molecule has 0 heterocycles. The largest absolute Gasteiger partial charge is 0.507 e. The predicted octanol–water partition coefficient (Wildman–Crippen LogP) is 5.81. The van der Waals surface area contributed by atoms with E-state index in [9.17, 15) is 36.2 Å². The number of halogens is 6. The van der Waals surface area contributed by atoms with Crippen LogP contribution in [0.2, 0.25) is 0 Å². The van der Waals surface area contributed by atoms with Crippen molar-refractivity contribution in [3.63, 3.8) is 0 Å². The molecule has 0 saturated heterocycles. The Labute approximate surface area is 150 Å². The van der Waals surface area contributed by atoms with E-state index in [1.165, 1.54) is 12.1 Å². The second-order valence-electron chi connectivity index (χ2n) is 6.15. The molecule has 2 aromatic rings. The molecule has 0 saturated carbocycles. The van der Waals surface area contributed by atoms with Crippen LogP contribution in [0.5, 0.6) is 5.75 Å². The van der Waals surface area contributed by atoms with Crippen molar-refractivity contribution in [3.8, 4) is 5.75 Å². The van der Waals surface area contributed by atoms with Gasteiger partial charge in [-0.1, -0.05) is 26.0 Å². The summed E-state index contributed by atoms with van der Waals surface area (Å²) >= 11 is 0. The molecular weight excluding hydrogens is 376 g/mol. The molecule has 0 aromatic heterocycles. The molecule has 2 rings (SSSR count). The van der Waals surface area contributed by atoms with Gasteiger partial charge in [-0.2, -0.15) is 26.3 Å². The maximum absolute atomic E-state index is 12.9. The van der Waals surface area contributed by atoms with Gasteiger partial charge in [0.15, 0.2) is 0 Å². The third-order valence-corrected chi connectivity index (χ3v) is 3.78. The maximum atomic E-state index is 12.9. The third kappa shape index (κ3) is 4.72. The summed E-state index contributed by atoms with van der Waals surface area (Å²) in [5, 5.41) is 12.1. The standard InChI is InChI=1S/C18H15F6NO2/c1-9(2)13-4-3-5-14(15(13)26)16(27)25-12-7-10(17(19,20)21)6-11(8-12)18(22,23)24/h3-9,26H,1-2H3,(H,25,27). The number of anilines is 1. The average molecular weight is 391 g/mol. The molecule has 0 aliphatic carbocycles. The first-order chi connectivity index (χ1) is 12.3. The van der Waals surface area contributed by atoms with Crippen molar-refractivity contribution in [2.75, 3.05) is 5.32 Å². The zero-order valence-electron chi connectivity index (χ0n) is 14.2. The zero-order valence-corrected chi connectivity index (χ0v) is 14.2. The molecule has 0 spiro atoms. The van der Waals surface area contributed by atoms with Gasteiger partial charge in [0, 0.05) is 5.69 Å². The van der Waals surface area contributed by atoms with E-state index in [0.29, 0.717) is 17.7 Å². The number of aromatic hydroxyl groups is 1. The van der Waals surface area contributed by atoms with Gasteiger partial charge in [-0.25, -0.2) is 0 Å². The number of para-hydroxylation sites is 1. The summed E-state index contributed by atoms with van der Waals surface area (Å²) in [6.45, 7) is 3.50. The van der Waals surface area contributed by atoms with Crippen molar-refractivity contribution in [1.82, 2.24) is 0 Å². The van der Waals surface area contributed by atoms with E-state index in [1.807, 2.05) is 5.32 Å². The van der Waals surface area contributed by atoms with Crippen LogP contribution >= 0.6 is 0 Å². The number of amides is 1. The minimum absolute atomic E-state index is 0.0352. The fourth-order valence-corrected chi connectivity index (χ4v) is 2.44. The molecule has 9 heteroatoms. The van der Waals surface area contributed by atoms with Crippen molar-refractivity contribution in [1.29, 1.82) is 0 Å². The first-order valence-corrected chi connectivity index (χ1v) is 7.73. The van der Waals surface area contributed by atoms with Crippen molar-refractivity contribution in [2.24, 2.45) is 0 Å². The number of alkyl halides is 6. The number of benzene rings is 2.